The monoisotopic (exact) mass is 296 g/mol. The third-order valence-electron chi connectivity index (χ3n) is 2.58. The summed E-state index contributed by atoms with van der Waals surface area (Å²) in [6, 6.07) is 3.33. The molecule has 0 spiro atoms. The summed E-state index contributed by atoms with van der Waals surface area (Å²) >= 11 is 2.75. The van der Waals surface area contributed by atoms with E-state index in [1.165, 1.54) is 13.0 Å². The molecule has 0 saturated heterocycles. The SMILES string of the molecule is CC(=O)c1cc([N+](=O)[O-])c(N(C)Cc2ccsc2)s1. The summed E-state index contributed by atoms with van der Waals surface area (Å²) in [7, 11) is 1.79. The van der Waals surface area contributed by atoms with E-state index in [4.69, 9.17) is 0 Å². The Balaban J connectivity index is 2.31. The lowest BCUT2D eigenvalue weighted by Gasteiger charge is -2.15. The molecular formula is C12H12N2O3S2. The zero-order valence-corrected chi connectivity index (χ0v) is 12.1. The van der Waals surface area contributed by atoms with Crippen molar-refractivity contribution in [2.45, 2.75) is 13.5 Å². The van der Waals surface area contributed by atoms with E-state index in [1.54, 1.807) is 23.3 Å². The molecule has 0 amide bonds. The maximum atomic E-state index is 11.3. The van der Waals surface area contributed by atoms with E-state index in [2.05, 4.69) is 0 Å². The van der Waals surface area contributed by atoms with Crippen LogP contribution in [0.5, 0.6) is 0 Å². The van der Waals surface area contributed by atoms with Crippen LogP contribution in [-0.4, -0.2) is 17.8 Å². The molecule has 0 bridgehead atoms. The zero-order chi connectivity index (χ0) is 14.0. The van der Waals surface area contributed by atoms with Gasteiger partial charge in [-0.15, -0.1) is 11.3 Å². The molecule has 0 aliphatic carbocycles. The van der Waals surface area contributed by atoms with Crippen LogP contribution < -0.4 is 4.90 Å². The first-order chi connectivity index (χ1) is 8.99. The summed E-state index contributed by atoms with van der Waals surface area (Å²) in [4.78, 5) is 24.2. The van der Waals surface area contributed by atoms with Crippen molar-refractivity contribution in [1.82, 2.24) is 0 Å². The minimum Gasteiger partial charge on any atom is -0.356 e. The van der Waals surface area contributed by atoms with Crippen LogP contribution in [0.1, 0.15) is 22.2 Å². The van der Waals surface area contributed by atoms with Gasteiger partial charge < -0.3 is 4.90 Å². The van der Waals surface area contributed by atoms with Gasteiger partial charge in [0.1, 0.15) is 0 Å². The highest BCUT2D eigenvalue weighted by Gasteiger charge is 2.23. The number of nitro groups is 1. The van der Waals surface area contributed by atoms with Crippen molar-refractivity contribution in [3.63, 3.8) is 0 Å². The van der Waals surface area contributed by atoms with Gasteiger partial charge in [-0.1, -0.05) is 0 Å². The highest BCUT2D eigenvalue weighted by atomic mass is 32.1. The first-order valence-corrected chi connectivity index (χ1v) is 7.26. The van der Waals surface area contributed by atoms with Crippen molar-refractivity contribution in [2.24, 2.45) is 0 Å². The minimum absolute atomic E-state index is 0.00655. The molecule has 100 valence electrons. The van der Waals surface area contributed by atoms with Gasteiger partial charge in [-0.05, 0) is 29.3 Å². The largest absolute Gasteiger partial charge is 0.356 e. The fourth-order valence-electron chi connectivity index (χ4n) is 1.68. The van der Waals surface area contributed by atoms with Crippen LogP contribution in [0.15, 0.2) is 22.9 Å². The summed E-state index contributed by atoms with van der Waals surface area (Å²) in [5, 5.41) is 15.5. The van der Waals surface area contributed by atoms with Crippen LogP contribution in [0.4, 0.5) is 10.7 Å². The van der Waals surface area contributed by atoms with E-state index in [-0.39, 0.29) is 11.5 Å². The standard InChI is InChI=1S/C12H12N2O3S2/c1-8(15)11-5-10(14(16)17)12(19-11)13(2)6-9-3-4-18-7-9/h3-5,7H,6H2,1-2H3. The number of nitrogens with zero attached hydrogens (tertiary/aromatic N) is 2. The van der Waals surface area contributed by atoms with Gasteiger partial charge in [0.2, 0.25) is 0 Å². The molecule has 0 fully saturated rings. The van der Waals surface area contributed by atoms with Gasteiger partial charge in [0.15, 0.2) is 10.8 Å². The third kappa shape index (κ3) is 2.99. The number of thiophene rings is 2. The van der Waals surface area contributed by atoms with E-state index in [0.717, 1.165) is 16.9 Å². The third-order valence-corrected chi connectivity index (χ3v) is 4.66. The molecule has 0 aliphatic heterocycles. The Kier molecular flexibility index (Phi) is 3.96. The normalized spacial score (nSPS) is 10.4. The Morgan fingerprint density at radius 2 is 2.26 bits per heavy atom. The molecule has 2 rings (SSSR count). The van der Waals surface area contributed by atoms with E-state index in [1.807, 2.05) is 16.8 Å². The summed E-state index contributed by atoms with van der Waals surface area (Å²) in [6.45, 7) is 2.00. The summed E-state index contributed by atoms with van der Waals surface area (Å²) in [5.74, 6) is -0.150. The van der Waals surface area contributed by atoms with Gasteiger partial charge in [0, 0.05) is 19.7 Å². The first kappa shape index (κ1) is 13.7. The molecular weight excluding hydrogens is 284 g/mol. The van der Waals surface area contributed by atoms with Crippen LogP contribution in [0, 0.1) is 10.1 Å². The Labute approximate surface area is 118 Å². The smallest absolute Gasteiger partial charge is 0.304 e. The molecule has 0 N–H and O–H groups in total. The first-order valence-electron chi connectivity index (χ1n) is 5.50. The van der Waals surface area contributed by atoms with E-state index in [9.17, 15) is 14.9 Å². The van der Waals surface area contributed by atoms with Crippen LogP contribution in [0.3, 0.4) is 0 Å². The molecule has 0 atom stereocenters. The number of carbonyl (C=O) groups is 1. The highest BCUT2D eigenvalue weighted by molar-refractivity contribution is 7.18. The fourth-order valence-corrected chi connectivity index (χ4v) is 3.32. The molecule has 0 aromatic carbocycles. The second-order valence-corrected chi connectivity index (χ2v) is 5.91. The quantitative estimate of drug-likeness (QED) is 0.481. The molecule has 0 unspecified atom stereocenters. The molecule has 0 radical (unpaired) electrons. The average molecular weight is 296 g/mol. The number of hydrogen-bond acceptors (Lipinski definition) is 6. The number of rotatable bonds is 5. The summed E-state index contributed by atoms with van der Waals surface area (Å²) < 4.78 is 0. The second-order valence-electron chi connectivity index (χ2n) is 4.10. The molecule has 0 aliphatic rings. The van der Waals surface area contributed by atoms with E-state index < -0.39 is 4.92 Å². The lowest BCUT2D eigenvalue weighted by atomic mass is 10.3. The predicted molar refractivity (Wildman–Crippen MR) is 77.4 cm³/mol. The van der Waals surface area contributed by atoms with E-state index >= 15 is 0 Å². The van der Waals surface area contributed by atoms with Crippen molar-refractivity contribution in [3.8, 4) is 0 Å². The highest BCUT2D eigenvalue weighted by Crippen LogP contribution is 2.37. The van der Waals surface area contributed by atoms with Gasteiger partial charge in [-0.3, -0.25) is 14.9 Å². The van der Waals surface area contributed by atoms with Gasteiger partial charge in [-0.25, -0.2) is 0 Å². The predicted octanol–water partition coefficient (Wildman–Crippen LogP) is 3.56. The molecule has 19 heavy (non-hydrogen) atoms. The summed E-state index contributed by atoms with van der Waals surface area (Å²) in [5.41, 5.74) is 1.09. The fraction of sp³-hybridized carbons (Fsp3) is 0.250. The average Bonchev–Trinajstić information content (AvgIpc) is 2.96. The lowest BCUT2D eigenvalue weighted by Crippen LogP contribution is -2.15. The Hall–Kier alpha value is -1.73. The summed E-state index contributed by atoms with van der Waals surface area (Å²) in [6.07, 6.45) is 0. The number of ketones is 1. The molecule has 2 heterocycles. The molecule has 2 aromatic heterocycles. The Bertz CT molecular complexity index is 605. The number of anilines is 1. The second kappa shape index (κ2) is 5.50. The van der Waals surface area contributed by atoms with Crippen LogP contribution in [-0.2, 0) is 6.54 Å². The molecule has 2 aromatic rings. The van der Waals surface area contributed by atoms with Gasteiger partial charge >= 0.3 is 5.69 Å². The molecule has 0 saturated carbocycles. The van der Waals surface area contributed by atoms with Crippen LogP contribution >= 0.6 is 22.7 Å². The van der Waals surface area contributed by atoms with Crippen molar-refractivity contribution < 1.29 is 9.72 Å². The molecule has 5 nitrogen and oxygen atoms in total. The Morgan fingerprint density at radius 1 is 1.53 bits per heavy atom. The van der Waals surface area contributed by atoms with Crippen LogP contribution in [0.2, 0.25) is 0 Å². The van der Waals surface area contributed by atoms with Gasteiger partial charge in [0.05, 0.1) is 9.80 Å². The van der Waals surface area contributed by atoms with Crippen molar-refractivity contribution in [2.75, 3.05) is 11.9 Å². The van der Waals surface area contributed by atoms with Crippen molar-refractivity contribution >= 4 is 39.1 Å². The van der Waals surface area contributed by atoms with Gasteiger partial charge in [-0.2, -0.15) is 11.3 Å². The van der Waals surface area contributed by atoms with Crippen LogP contribution in [0.25, 0.3) is 0 Å². The van der Waals surface area contributed by atoms with Crippen molar-refractivity contribution in [3.05, 3.63) is 43.4 Å². The number of Topliss-reactive ketones (excluding diaryl/α,β-unsaturated/α-hetero) is 1. The topological polar surface area (TPSA) is 63.4 Å². The minimum atomic E-state index is -0.442. The lowest BCUT2D eigenvalue weighted by molar-refractivity contribution is -0.383. The van der Waals surface area contributed by atoms with Gasteiger partial charge in [0.25, 0.3) is 0 Å². The Morgan fingerprint density at radius 3 is 2.79 bits per heavy atom. The van der Waals surface area contributed by atoms with Crippen molar-refractivity contribution in [1.29, 1.82) is 0 Å². The maximum Gasteiger partial charge on any atom is 0.304 e. The molecule has 7 heteroatoms. The zero-order valence-electron chi connectivity index (χ0n) is 10.5. The number of hydrogen-bond donors (Lipinski definition) is 0. The number of carbonyl (C=O) groups excluding carboxylic acids is 1. The maximum absolute atomic E-state index is 11.3. The van der Waals surface area contributed by atoms with E-state index in [0.29, 0.717) is 16.4 Å².